The van der Waals surface area contributed by atoms with E-state index in [9.17, 15) is 14.0 Å². The first kappa shape index (κ1) is 14.3. The molecule has 0 bridgehead atoms. The molecule has 2 N–H and O–H groups in total. The Hall–Kier alpha value is -2.66. The van der Waals surface area contributed by atoms with Crippen molar-refractivity contribution in [1.29, 1.82) is 0 Å². The summed E-state index contributed by atoms with van der Waals surface area (Å²) < 4.78 is 13.1. The van der Waals surface area contributed by atoms with Crippen LogP contribution >= 0.6 is 11.6 Å². The van der Waals surface area contributed by atoms with Gasteiger partial charge in [0.05, 0.1) is 10.6 Å². The number of H-pyrrole nitrogens is 1. The average molecular weight is 317 g/mol. The van der Waals surface area contributed by atoms with Crippen LogP contribution in [-0.2, 0) is 4.79 Å². The molecule has 0 aliphatic carbocycles. The summed E-state index contributed by atoms with van der Waals surface area (Å²) in [6.07, 6.45) is 1.49. The molecule has 0 saturated heterocycles. The van der Waals surface area contributed by atoms with Crippen molar-refractivity contribution in [2.45, 2.75) is 0 Å². The van der Waals surface area contributed by atoms with Gasteiger partial charge in [0.25, 0.3) is 11.7 Å². The summed E-state index contributed by atoms with van der Waals surface area (Å²) in [6.45, 7) is 0. The van der Waals surface area contributed by atoms with Crippen LogP contribution in [0.1, 0.15) is 10.4 Å². The number of anilines is 1. The van der Waals surface area contributed by atoms with Gasteiger partial charge in [0.2, 0.25) is 0 Å². The zero-order valence-electron chi connectivity index (χ0n) is 11.2. The minimum Gasteiger partial charge on any atom is -0.360 e. The van der Waals surface area contributed by atoms with E-state index in [1.807, 2.05) is 12.1 Å². The Bertz CT molecular complexity index is 889. The highest BCUT2D eigenvalue weighted by Crippen LogP contribution is 2.21. The lowest BCUT2D eigenvalue weighted by Crippen LogP contribution is -2.22. The van der Waals surface area contributed by atoms with Crippen molar-refractivity contribution in [3.8, 4) is 0 Å². The van der Waals surface area contributed by atoms with Crippen molar-refractivity contribution in [3.63, 3.8) is 0 Å². The number of ketones is 1. The molecule has 110 valence electrons. The number of benzene rings is 2. The number of halogens is 2. The van der Waals surface area contributed by atoms with Crippen molar-refractivity contribution in [1.82, 2.24) is 4.98 Å². The number of aromatic nitrogens is 1. The summed E-state index contributed by atoms with van der Waals surface area (Å²) in [5.74, 6) is -2.09. The molecule has 4 nitrogen and oxygen atoms in total. The van der Waals surface area contributed by atoms with Crippen LogP contribution in [0.5, 0.6) is 0 Å². The fourth-order valence-corrected chi connectivity index (χ4v) is 2.32. The van der Waals surface area contributed by atoms with Gasteiger partial charge in [-0.15, -0.1) is 0 Å². The van der Waals surface area contributed by atoms with Gasteiger partial charge in [-0.3, -0.25) is 9.59 Å². The minimum atomic E-state index is -0.813. The number of carbonyl (C=O) groups excluding carboxylic acids is 2. The fraction of sp³-hybridized carbons (Fsp3) is 0. The first-order valence-electron chi connectivity index (χ1n) is 6.43. The van der Waals surface area contributed by atoms with Gasteiger partial charge in [-0.05, 0) is 24.3 Å². The summed E-state index contributed by atoms with van der Waals surface area (Å²) in [5, 5.41) is 2.95. The predicted molar refractivity (Wildman–Crippen MR) is 82.7 cm³/mol. The predicted octanol–water partition coefficient (Wildman–Crippen LogP) is 3.78. The van der Waals surface area contributed by atoms with E-state index < -0.39 is 17.5 Å². The quantitative estimate of drug-likeness (QED) is 0.570. The molecular weight excluding hydrogens is 307 g/mol. The molecule has 0 spiro atoms. The summed E-state index contributed by atoms with van der Waals surface area (Å²) >= 11 is 5.64. The maximum atomic E-state index is 13.1. The number of aromatic amines is 1. The molecule has 0 unspecified atom stereocenters. The Morgan fingerprint density at radius 3 is 2.68 bits per heavy atom. The molecule has 1 amide bonds. The van der Waals surface area contributed by atoms with Crippen molar-refractivity contribution >= 4 is 39.9 Å². The van der Waals surface area contributed by atoms with Gasteiger partial charge in [0.1, 0.15) is 5.82 Å². The van der Waals surface area contributed by atoms with Crippen LogP contribution in [0.2, 0.25) is 5.02 Å². The second-order valence-electron chi connectivity index (χ2n) is 4.66. The third-order valence-corrected chi connectivity index (χ3v) is 3.51. The highest BCUT2D eigenvalue weighted by Gasteiger charge is 2.20. The van der Waals surface area contributed by atoms with Crippen molar-refractivity contribution < 1.29 is 14.0 Å². The molecule has 2 aromatic carbocycles. The monoisotopic (exact) mass is 316 g/mol. The fourth-order valence-electron chi connectivity index (χ4n) is 2.14. The topological polar surface area (TPSA) is 62.0 Å². The molecule has 0 aliphatic heterocycles. The van der Waals surface area contributed by atoms with Gasteiger partial charge < -0.3 is 10.3 Å². The summed E-state index contributed by atoms with van der Waals surface area (Å²) in [4.78, 5) is 27.2. The van der Waals surface area contributed by atoms with Crippen molar-refractivity contribution in [3.05, 3.63) is 65.1 Å². The highest BCUT2D eigenvalue weighted by atomic mass is 35.5. The Morgan fingerprint density at radius 1 is 1.14 bits per heavy atom. The zero-order chi connectivity index (χ0) is 15.7. The summed E-state index contributed by atoms with van der Waals surface area (Å²) in [7, 11) is 0. The maximum absolute atomic E-state index is 13.1. The molecule has 0 atom stereocenters. The molecule has 6 heteroatoms. The Morgan fingerprint density at radius 2 is 1.91 bits per heavy atom. The molecule has 3 rings (SSSR count). The van der Waals surface area contributed by atoms with E-state index in [-0.39, 0.29) is 16.3 Å². The lowest BCUT2D eigenvalue weighted by molar-refractivity contribution is -0.112. The van der Waals surface area contributed by atoms with Gasteiger partial charge in [-0.25, -0.2) is 4.39 Å². The molecule has 1 heterocycles. The molecule has 1 aromatic heterocycles. The van der Waals surface area contributed by atoms with E-state index in [4.69, 9.17) is 11.6 Å². The third-order valence-electron chi connectivity index (χ3n) is 3.22. The van der Waals surface area contributed by atoms with E-state index in [2.05, 4.69) is 10.3 Å². The molecule has 22 heavy (non-hydrogen) atoms. The van der Waals surface area contributed by atoms with Crippen LogP contribution in [0, 0.1) is 5.82 Å². The normalized spacial score (nSPS) is 10.6. The third kappa shape index (κ3) is 2.58. The van der Waals surface area contributed by atoms with E-state index in [0.717, 1.165) is 11.6 Å². The summed E-state index contributed by atoms with van der Waals surface area (Å²) in [5.41, 5.74) is 1.30. The minimum absolute atomic E-state index is 0.127. The number of rotatable bonds is 3. The second-order valence-corrected chi connectivity index (χ2v) is 5.07. The molecule has 3 aromatic rings. The standard InChI is InChI=1S/C16H10ClFN2O2/c17-12-7-9(5-6-13(12)18)20-16(22)15(21)11-8-19-14-4-2-1-3-10(11)14/h1-8,19H,(H,20,22). The van der Waals surface area contributed by atoms with Gasteiger partial charge in [-0.1, -0.05) is 29.8 Å². The Balaban J connectivity index is 1.85. The van der Waals surface area contributed by atoms with Gasteiger partial charge in [-0.2, -0.15) is 0 Å². The van der Waals surface area contributed by atoms with E-state index in [0.29, 0.717) is 5.39 Å². The first-order chi connectivity index (χ1) is 10.6. The first-order valence-corrected chi connectivity index (χ1v) is 6.81. The van der Waals surface area contributed by atoms with E-state index in [1.165, 1.54) is 18.3 Å². The Labute approximate surface area is 129 Å². The lowest BCUT2D eigenvalue weighted by Gasteiger charge is -2.05. The SMILES string of the molecule is O=C(Nc1ccc(F)c(Cl)c1)C(=O)c1c[nH]c2ccccc12. The second kappa shape index (κ2) is 5.61. The molecular formula is C16H10ClFN2O2. The van der Waals surface area contributed by atoms with Gasteiger partial charge in [0.15, 0.2) is 0 Å². The van der Waals surface area contributed by atoms with Crippen LogP contribution in [0.15, 0.2) is 48.7 Å². The largest absolute Gasteiger partial charge is 0.360 e. The molecule has 0 radical (unpaired) electrons. The Kier molecular flexibility index (Phi) is 3.65. The number of carbonyl (C=O) groups is 2. The van der Waals surface area contributed by atoms with Gasteiger partial charge in [0, 0.05) is 22.8 Å². The van der Waals surface area contributed by atoms with E-state index in [1.54, 1.807) is 12.1 Å². The number of Topliss-reactive ketones (excluding diaryl/α,β-unsaturated/α-hetero) is 1. The number of hydrogen-bond acceptors (Lipinski definition) is 2. The molecule has 0 aliphatic rings. The smallest absolute Gasteiger partial charge is 0.296 e. The van der Waals surface area contributed by atoms with Gasteiger partial charge >= 0.3 is 0 Å². The van der Waals surface area contributed by atoms with Crippen LogP contribution < -0.4 is 5.32 Å². The van der Waals surface area contributed by atoms with Crippen molar-refractivity contribution in [2.24, 2.45) is 0 Å². The van der Waals surface area contributed by atoms with E-state index >= 15 is 0 Å². The zero-order valence-corrected chi connectivity index (χ0v) is 11.9. The lowest BCUT2D eigenvalue weighted by atomic mass is 10.1. The van der Waals surface area contributed by atoms with Crippen LogP contribution in [0.3, 0.4) is 0 Å². The van der Waals surface area contributed by atoms with Crippen molar-refractivity contribution in [2.75, 3.05) is 5.32 Å². The number of nitrogens with one attached hydrogen (secondary N) is 2. The van der Waals surface area contributed by atoms with Crippen LogP contribution in [0.25, 0.3) is 10.9 Å². The molecule has 0 fully saturated rings. The number of amides is 1. The molecule has 0 saturated carbocycles. The van der Waals surface area contributed by atoms with Crippen LogP contribution in [0.4, 0.5) is 10.1 Å². The van der Waals surface area contributed by atoms with Crippen LogP contribution in [-0.4, -0.2) is 16.7 Å². The average Bonchev–Trinajstić information content (AvgIpc) is 2.94. The number of fused-ring (bicyclic) bond motifs is 1. The number of hydrogen-bond donors (Lipinski definition) is 2. The highest BCUT2D eigenvalue weighted by molar-refractivity contribution is 6.48. The summed E-state index contributed by atoms with van der Waals surface area (Å²) in [6, 6.07) is 10.9. The number of para-hydroxylation sites is 1. The maximum Gasteiger partial charge on any atom is 0.296 e.